The number of nitrogens with zero attached hydrogens (tertiary/aromatic N) is 1. The number of carboxylic acid groups (broad SMARTS) is 1. The van der Waals surface area contributed by atoms with Crippen molar-refractivity contribution in [2.75, 3.05) is 20.6 Å². The first-order valence-electron chi connectivity index (χ1n) is 6.22. The molecule has 0 bridgehead atoms. The Morgan fingerprint density at radius 1 is 1.37 bits per heavy atom. The standard InChI is InChI=1S/C13H18N2O3S/c1-15(2)8-13(6-3-7-13)14-11(16)9-4-5-10(19-9)12(17)18/h4-5H,3,6-8H2,1-2H3,(H,14,16)(H,17,18). The molecule has 0 unspecified atom stereocenters. The largest absolute Gasteiger partial charge is 0.477 e. The van der Waals surface area contributed by atoms with Crippen LogP contribution in [-0.2, 0) is 0 Å². The monoisotopic (exact) mass is 282 g/mol. The van der Waals surface area contributed by atoms with Gasteiger partial charge in [-0.15, -0.1) is 11.3 Å². The van der Waals surface area contributed by atoms with Gasteiger partial charge in [0, 0.05) is 6.54 Å². The second-order valence-corrected chi connectivity index (χ2v) is 6.38. The molecule has 1 aromatic rings. The molecule has 1 heterocycles. The Morgan fingerprint density at radius 2 is 2.00 bits per heavy atom. The molecule has 0 aromatic carbocycles. The quantitative estimate of drug-likeness (QED) is 0.861. The summed E-state index contributed by atoms with van der Waals surface area (Å²) in [7, 11) is 3.97. The third-order valence-corrected chi connectivity index (χ3v) is 4.42. The van der Waals surface area contributed by atoms with Crippen LogP contribution in [0.25, 0.3) is 0 Å². The van der Waals surface area contributed by atoms with E-state index >= 15 is 0 Å². The van der Waals surface area contributed by atoms with E-state index < -0.39 is 5.97 Å². The van der Waals surface area contributed by atoms with Gasteiger partial charge in [-0.3, -0.25) is 4.79 Å². The molecule has 2 N–H and O–H groups in total. The van der Waals surface area contributed by atoms with Crippen LogP contribution >= 0.6 is 11.3 Å². The van der Waals surface area contributed by atoms with Crippen molar-refractivity contribution in [2.24, 2.45) is 0 Å². The van der Waals surface area contributed by atoms with Crippen molar-refractivity contribution >= 4 is 23.2 Å². The highest BCUT2D eigenvalue weighted by Crippen LogP contribution is 2.33. The first kappa shape index (κ1) is 14.0. The van der Waals surface area contributed by atoms with Crippen molar-refractivity contribution in [2.45, 2.75) is 24.8 Å². The summed E-state index contributed by atoms with van der Waals surface area (Å²) < 4.78 is 0. The molecule has 1 fully saturated rings. The number of hydrogen-bond acceptors (Lipinski definition) is 4. The first-order chi connectivity index (χ1) is 8.92. The highest BCUT2D eigenvalue weighted by molar-refractivity contribution is 7.15. The molecule has 1 aliphatic rings. The topological polar surface area (TPSA) is 69.6 Å². The summed E-state index contributed by atoms with van der Waals surface area (Å²) in [6.07, 6.45) is 3.08. The molecule has 2 rings (SSSR count). The van der Waals surface area contributed by atoms with Crippen LogP contribution in [-0.4, -0.2) is 48.1 Å². The minimum absolute atomic E-state index is 0.145. The van der Waals surface area contributed by atoms with Gasteiger partial charge in [-0.2, -0.15) is 0 Å². The van der Waals surface area contributed by atoms with E-state index in [1.165, 1.54) is 6.07 Å². The summed E-state index contributed by atoms with van der Waals surface area (Å²) in [6.45, 7) is 0.815. The second-order valence-electron chi connectivity index (χ2n) is 5.29. The number of hydrogen-bond donors (Lipinski definition) is 2. The van der Waals surface area contributed by atoms with Crippen LogP contribution in [0.2, 0.25) is 0 Å². The smallest absolute Gasteiger partial charge is 0.345 e. The van der Waals surface area contributed by atoms with Gasteiger partial charge in [-0.25, -0.2) is 4.79 Å². The number of carbonyl (C=O) groups excluding carboxylic acids is 1. The number of nitrogens with one attached hydrogen (secondary N) is 1. The molecule has 1 amide bonds. The van der Waals surface area contributed by atoms with Crippen molar-refractivity contribution < 1.29 is 14.7 Å². The van der Waals surface area contributed by atoms with Crippen molar-refractivity contribution in [3.8, 4) is 0 Å². The molecule has 0 saturated heterocycles. The van der Waals surface area contributed by atoms with E-state index in [1.54, 1.807) is 6.07 Å². The number of aromatic carboxylic acids is 1. The van der Waals surface area contributed by atoms with E-state index in [9.17, 15) is 9.59 Å². The van der Waals surface area contributed by atoms with Gasteiger partial charge in [-0.05, 0) is 45.5 Å². The lowest BCUT2D eigenvalue weighted by Crippen LogP contribution is -2.58. The van der Waals surface area contributed by atoms with E-state index in [4.69, 9.17) is 5.11 Å². The number of rotatable bonds is 5. The lowest BCUT2D eigenvalue weighted by molar-refractivity contribution is 0.0701. The van der Waals surface area contributed by atoms with Gasteiger partial charge in [-0.1, -0.05) is 0 Å². The van der Waals surface area contributed by atoms with Crippen LogP contribution in [0.15, 0.2) is 12.1 Å². The zero-order valence-electron chi connectivity index (χ0n) is 11.1. The number of thiophene rings is 1. The van der Waals surface area contributed by atoms with Crippen molar-refractivity contribution in [3.63, 3.8) is 0 Å². The number of carbonyl (C=O) groups is 2. The summed E-state index contributed by atoms with van der Waals surface area (Å²) in [5, 5.41) is 11.9. The molecule has 19 heavy (non-hydrogen) atoms. The van der Waals surface area contributed by atoms with Gasteiger partial charge in [0.05, 0.1) is 10.4 Å². The highest BCUT2D eigenvalue weighted by Gasteiger charge is 2.39. The lowest BCUT2D eigenvalue weighted by Gasteiger charge is -2.44. The number of likely N-dealkylation sites (N-methyl/N-ethyl adjacent to an activating group) is 1. The summed E-state index contributed by atoms with van der Waals surface area (Å²) in [5.74, 6) is -1.16. The first-order valence-corrected chi connectivity index (χ1v) is 7.04. The molecule has 0 spiro atoms. The Labute approximate surface area is 116 Å². The lowest BCUT2D eigenvalue weighted by atomic mass is 9.76. The molecule has 1 aliphatic carbocycles. The summed E-state index contributed by atoms with van der Waals surface area (Å²) >= 11 is 1.02. The Balaban J connectivity index is 2.05. The van der Waals surface area contributed by atoms with E-state index in [0.717, 1.165) is 37.1 Å². The van der Waals surface area contributed by atoms with Crippen LogP contribution < -0.4 is 5.32 Å². The van der Waals surface area contributed by atoms with Crippen LogP contribution in [0, 0.1) is 0 Å². The van der Waals surface area contributed by atoms with Gasteiger partial charge in [0.2, 0.25) is 0 Å². The van der Waals surface area contributed by atoms with Crippen LogP contribution in [0.3, 0.4) is 0 Å². The zero-order chi connectivity index (χ0) is 14.0. The SMILES string of the molecule is CN(C)CC1(NC(=O)c2ccc(C(=O)O)s2)CCC1. The maximum atomic E-state index is 12.2. The third kappa shape index (κ3) is 3.13. The van der Waals surface area contributed by atoms with E-state index in [2.05, 4.69) is 10.2 Å². The molecule has 5 nitrogen and oxygen atoms in total. The van der Waals surface area contributed by atoms with Crippen molar-refractivity contribution in [1.82, 2.24) is 10.2 Å². The predicted octanol–water partition coefficient (Wildman–Crippen LogP) is 1.66. The number of carboxylic acids is 1. The van der Waals surface area contributed by atoms with Gasteiger partial charge in [0.25, 0.3) is 5.91 Å². The zero-order valence-corrected chi connectivity index (χ0v) is 11.9. The molecule has 1 aromatic heterocycles. The fourth-order valence-corrected chi connectivity index (χ4v) is 3.15. The van der Waals surface area contributed by atoms with Crippen LogP contribution in [0.5, 0.6) is 0 Å². The predicted molar refractivity (Wildman–Crippen MR) is 73.9 cm³/mol. The average molecular weight is 282 g/mol. The minimum Gasteiger partial charge on any atom is -0.477 e. The minimum atomic E-state index is -0.990. The van der Waals surface area contributed by atoms with Gasteiger partial charge in [0.15, 0.2) is 0 Å². The summed E-state index contributed by atoms with van der Waals surface area (Å²) in [5.41, 5.74) is -0.145. The second kappa shape index (κ2) is 5.30. The van der Waals surface area contributed by atoms with E-state index in [0.29, 0.717) is 4.88 Å². The highest BCUT2D eigenvalue weighted by atomic mass is 32.1. The van der Waals surface area contributed by atoms with Gasteiger partial charge >= 0.3 is 5.97 Å². The Morgan fingerprint density at radius 3 is 2.42 bits per heavy atom. The molecule has 0 radical (unpaired) electrons. The third-order valence-electron chi connectivity index (χ3n) is 3.35. The maximum Gasteiger partial charge on any atom is 0.345 e. The summed E-state index contributed by atoms with van der Waals surface area (Å²) in [4.78, 5) is 25.7. The molecular weight excluding hydrogens is 264 g/mol. The molecule has 104 valence electrons. The van der Waals surface area contributed by atoms with Crippen LogP contribution in [0.1, 0.15) is 38.6 Å². The molecule has 1 saturated carbocycles. The molecule has 6 heteroatoms. The van der Waals surface area contributed by atoms with Gasteiger partial charge in [0.1, 0.15) is 4.88 Å². The van der Waals surface area contributed by atoms with Crippen LogP contribution in [0.4, 0.5) is 0 Å². The Hall–Kier alpha value is -1.40. The molecule has 0 aliphatic heterocycles. The average Bonchev–Trinajstić information content (AvgIpc) is 2.74. The van der Waals surface area contributed by atoms with Gasteiger partial charge < -0.3 is 15.3 Å². The van der Waals surface area contributed by atoms with E-state index in [1.807, 2.05) is 14.1 Å². The maximum absolute atomic E-state index is 12.2. The van der Waals surface area contributed by atoms with E-state index in [-0.39, 0.29) is 16.3 Å². The Kier molecular flexibility index (Phi) is 3.91. The number of amides is 1. The van der Waals surface area contributed by atoms with Crippen molar-refractivity contribution in [1.29, 1.82) is 0 Å². The Bertz CT molecular complexity index is 492. The fourth-order valence-electron chi connectivity index (χ4n) is 2.41. The van der Waals surface area contributed by atoms with Crippen molar-refractivity contribution in [3.05, 3.63) is 21.9 Å². The molecule has 0 atom stereocenters. The summed E-state index contributed by atoms with van der Waals surface area (Å²) in [6, 6.07) is 3.05. The molecular formula is C13H18N2O3S. The normalized spacial score (nSPS) is 17.0. The fraction of sp³-hybridized carbons (Fsp3) is 0.538.